The van der Waals surface area contributed by atoms with Gasteiger partial charge in [0.2, 0.25) is 5.89 Å². The van der Waals surface area contributed by atoms with E-state index in [2.05, 4.69) is 26.2 Å². The van der Waals surface area contributed by atoms with Gasteiger partial charge in [-0.3, -0.25) is 14.9 Å². The molecular weight excluding hydrogens is 466 g/mol. The summed E-state index contributed by atoms with van der Waals surface area (Å²) in [5.41, 5.74) is 2.43. The van der Waals surface area contributed by atoms with Crippen molar-refractivity contribution in [2.75, 3.05) is 5.32 Å². The first-order valence-corrected chi connectivity index (χ1v) is 9.93. The van der Waals surface area contributed by atoms with Crippen LogP contribution in [-0.2, 0) is 0 Å². The normalized spacial score (nSPS) is 11.1. The third-order valence-electron chi connectivity index (χ3n) is 4.74. The number of anilines is 1. The van der Waals surface area contributed by atoms with E-state index >= 15 is 0 Å². The zero-order valence-corrected chi connectivity index (χ0v) is 17.3. The van der Waals surface area contributed by atoms with Crippen molar-refractivity contribution >= 4 is 55.3 Å². The van der Waals surface area contributed by atoms with Crippen LogP contribution in [0.3, 0.4) is 0 Å². The van der Waals surface area contributed by atoms with Gasteiger partial charge in [-0.05, 0) is 47.2 Å². The fourth-order valence-electron chi connectivity index (χ4n) is 3.32. The molecule has 5 aromatic rings. The number of benzene rings is 3. The Morgan fingerprint density at radius 2 is 1.81 bits per heavy atom. The van der Waals surface area contributed by atoms with E-state index in [0.717, 1.165) is 26.9 Å². The number of hydrogen-bond acceptors (Lipinski definition) is 6. The van der Waals surface area contributed by atoms with Crippen LogP contribution in [0.15, 0.2) is 80.0 Å². The average molecular weight is 478 g/mol. The zero-order valence-electron chi connectivity index (χ0n) is 15.7. The fourth-order valence-corrected chi connectivity index (χ4v) is 3.82. The van der Waals surface area contributed by atoms with Crippen molar-refractivity contribution in [3.8, 4) is 11.5 Å². The number of carbonyl (C=O) groups excluding carboxylic acids is 1. The van der Waals surface area contributed by atoms with E-state index in [4.69, 9.17) is 8.83 Å². The number of oxazole rings is 1. The highest BCUT2D eigenvalue weighted by atomic mass is 79.9. The van der Waals surface area contributed by atoms with Crippen LogP contribution in [0.1, 0.15) is 10.6 Å². The maximum atomic E-state index is 12.3. The SMILES string of the molecule is O=C(Nc1ccc2oc(-c3cccc4c(Br)cccc34)nc2c1)c1ccc([N+](=O)[O-])o1. The molecule has 2 aromatic heterocycles. The highest BCUT2D eigenvalue weighted by Gasteiger charge is 2.18. The Bertz CT molecular complexity index is 1490. The minimum absolute atomic E-state index is 0.158. The molecule has 0 aliphatic heterocycles. The van der Waals surface area contributed by atoms with Gasteiger partial charge in [0, 0.05) is 15.7 Å². The van der Waals surface area contributed by atoms with Crippen LogP contribution in [0, 0.1) is 10.1 Å². The summed E-state index contributed by atoms with van der Waals surface area (Å²) in [5.74, 6) is -0.795. The Morgan fingerprint density at radius 3 is 2.61 bits per heavy atom. The number of fused-ring (bicyclic) bond motifs is 2. The van der Waals surface area contributed by atoms with Gasteiger partial charge in [0.05, 0.1) is 6.07 Å². The van der Waals surface area contributed by atoms with E-state index in [0.29, 0.717) is 22.7 Å². The van der Waals surface area contributed by atoms with E-state index in [1.165, 1.54) is 6.07 Å². The summed E-state index contributed by atoms with van der Waals surface area (Å²) >= 11 is 3.56. The third-order valence-corrected chi connectivity index (χ3v) is 5.43. The van der Waals surface area contributed by atoms with Crippen molar-refractivity contribution < 1.29 is 18.6 Å². The fraction of sp³-hybridized carbons (Fsp3) is 0. The van der Waals surface area contributed by atoms with Gasteiger partial charge < -0.3 is 14.2 Å². The number of hydrogen-bond donors (Lipinski definition) is 1. The van der Waals surface area contributed by atoms with Crippen molar-refractivity contribution in [3.05, 3.63) is 87.1 Å². The number of aromatic nitrogens is 1. The predicted molar refractivity (Wildman–Crippen MR) is 118 cm³/mol. The number of nitrogens with zero attached hydrogens (tertiary/aromatic N) is 2. The molecule has 0 unspecified atom stereocenters. The molecule has 0 atom stereocenters. The van der Waals surface area contributed by atoms with Crippen LogP contribution in [0.25, 0.3) is 33.3 Å². The second-order valence-corrected chi connectivity index (χ2v) is 7.55. The van der Waals surface area contributed by atoms with Gasteiger partial charge in [-0.1, -0.05) is 40.2 Å². The zero-order chi connectivity index (χ0) is 21.5. The van der Waals surface area contributed by atoms with E-state index < -0.39 is 16.7 Å². The number of nitrogens with one attached hydrogen (secondary N) is 1. The Hall–Kier alpha value is -3.98. The van der Waals surface area contributed by atoms with Crippen molar-refractivity contribution in [2.45, 2.75) is 0 Å². The molecule has 1 amide bonds. The molecule has 9 heteroatoms. The number of carbonyl (C=O) groups is 1. The molecule has 0 aliphatic carbocycles. The number of rotatable bonds is 4. The molecule has 0 saturated heterocycles. The number of amides is 1. The van der Waals surface area contributed by atoms with E-state index in [9.17, 15) is 14.9 Å². The first kappa shape index (κ1) is 19.0. The van der Waals surface area contributed by atoms with Crippen molar-refractivity contribution in [2.24, 2.45) is 0 Å². The molecule has 0 fully saturated rings. The van der Waals surface area contributed by atoms with Gasteiger partial charge in [-0.2, -0.15) is 0 Å². The second kappa shape index (κ2) is 7.37. The summed E-state index contributed by atoms with van der Waals surface area (Å²) in [7, 11) is 0. The molecular formula is C22H12BrN3O5. The lowest BCUT2D eigenvalue weighted by atomic mass is 10.0. The molecule has 1 N–H and O–H groups in total. The van der Waals surface area contributed by atoms with Gasteiger partial charge in [0.25, 0.3) is 5.91 Å². The first-order valence-electron chi connectivity index (χ1n) is 9.13. The standard InChI is InChI=1S/C22H12BrN3O5/c23-16-6-2-3-13-14(16)4-1-5-15(13)22-25-17-11-12(7-8-18(17)31-22)24-21(27)19-9-10-20(30-19)26(28)29/h1-11H,(H,24,27). The quantitative estimate of drug-likeness (QED) is 0.245. The van der Waals surface area contributed by atoms with Crippen LogP contribution >= 0.6 is 15.9 Å². The van der Waals surface area contributed by atoms with Gasteiger partial charge in [-0.25, -0.2) is 4.98 Å². The lowest BCUT2D eigenvalue weighted by molar-refractivity contribution is -0.402. The van der Waals surface area contributed by atoms with Gasteiger partial charge in [0.15, 0.2) is 11.3 Å². The Labute approximate surface area is 182 Å². The van der Waals surface area contributed by atoms with Crippen molar-refractivity contribution in [3.63, 3.8) is 0 Å². The van der Waals surface area contributed by atoms with Crippen LogP contribution in [-0.4, -0.2) is 15.8 Å². The molecule has 0 aliphatic rings. The van der Waals surface area contributed by atoms with Crippen LogP contribution < -0.4 is 5.32 Å². The molecule has 0 bridgehead atoms. The maximum Gasteiger partial charge on any atom is 0.433 e. The molecule has 0 spiro atoms. The van der Waals surface area contributed by atoms with Crippen molar-refractivity contribution in [1.29, 1.82) is 0 Å². The topological polar surface area (TPSA) is 111 Å². The number of nitro groups is 1. The lowest BCUT2D eigenvalue weighted by Gasteiger charge is -2.04. The molecule has 31 heavy (non-hydrogen) atoms. The van der Waals surface area contributed by atoms with Crippen LogP contribution in [0.2, 0.25) is 0 Å². The Kier molecular flexibility index (Phi) is 4.52. The Morgan fingerprint density at radius 1 is 1.00 bits per heavy atom. The number of furan rings is 1. The van der Waals surface area contributed by atoms with Crippen LogP contribution in [0.4, 0.5) is 11.6 Å². The molecule has 0 saturated carbocycles. The first-order chi connectivity index (χ1) is 15.0. The summed E-state index contributed by atoms with van der Waals surface area (Å²) in [4.78, 5) is 26.9. The van der Waals surface area contributed by atoms with E-state index in [1.54, 1.807) is 18.2 Å². The van der Waals surface area contributed by atoms with Crippen molar-refractivity contribution in [1.82, 2.24) is 4.98 Å². The highest BCUT2D eigenvalue weighted by molar-refractivity contribution is 9.10. The maximum absolute atomic E-state index is 12.3. The molecule has 8 nitrogen and oxygen atoms in total. The molecule has 2 heterocycles. The number of halogens is 1. The molecule has 152 valence electrons. The summed E-state index contributed by atoms with van der Waals surface area (Å²) in [6.45, 7) is 0. The van der Waals surface area contributed by atoms with Gasteiger partial charge in [-0.15, -0.1) is 0 Å². The monoisotopic (exact) mass is 477 g/mol. The molecule has 5 rings (SSSR count). The summed E-state index contributed by atoms with van der Waals surface area (Å²) < 4.78 is 11.9. The summed E-state index contributed by atoms with van der Waals surface area (Å²) in [6, 6.07) is 19.2. The van der Waals surface area contributed by atoms with Gasteiger partial charge in [0.1, 0.15) is 10.4 Å². The predicted octanol–water partition coefficient (Wildman–Crippen LogP) is 6.16. The van der Waals surface area contributed by atoms with Gasteiger partial charge >= 0.3 is 5.88 Å². The second-order valence-electron chi connectivity index (χ2n) is 6.69. The minimum Gasteiger partial charge on any atom is -0.436 e. The molecule has 0 radical (unpaired) electrons. The summed E-state index contributed by atoms with van der Waals surface area (Å²) in [6.07, 6.45) is 0. The van der Waals surface area contributed by atoms with E-state index in [-0.39, 0.29) is 5.76 Å². The lowest BCUT2D eigenvalue weighted by Crippen LogP contribution is -2.10. The summed E-state index contributed by atoms with van der Waals surface area (Å²) in [5, 5.41) is 15.4. The minimum atomic E-state index is -0.703. The third kappa shape index (κ3) is 3.44. The largest absolute Gasteiger partial charge is 0.436 e. The highest BCUT2D eigenvalue weighted by Crippen LogP contribution is 2.34. The van der Waals surface area contributed by atoms with E-state index in [1.807, 2.05) is 36.4 Å². The Balaban J connectivity index is 1.48. The van der Waals surface area contributed by atoms with Crippen LogP contribution in [0.5, 0.6) is 0 Å². The molecule has 3 aromatic carbocycles. The smallest absolute Gasteiger partial charge is 0.433 e. The average Bonchev–Trinajstić information content (AvgIpc) is 3.41.